The molecule has 3 rings (SSSR count). The van der Waals surface area contributed by atoms with Crippen molar-refractivity contribution in [3.8, 4) is 0 Å². The number of aliphatic carboxylic acids is 1. The van der Waals surface area contributed by atoms with Crippen molar-refractivity contribution in [3.63, 3.8) is 0 Å². The van der Waals surface area contributed by atoms with E-state index in [0.717, 1.165) is 16.8 Å². The Morgan fingerprint density at radius 1 is 1.00 bits per heavy atom. The van der Waals surface area contributed by atoms with Crippen LogP contribution in [0.2, 0.25) is 0 Å². The van der Waals surface area contributed by atoms with Crippen LogP contribution in [0.1, 0.15) is 24.0 Å². The molecule has 0 saturated heterocycles. The number of carboxylic acids is 1. The van der Waals surface area contributed by atoms with E-state index in [9.17, 15) is 14.4 Å². The summed E-state index contributed by atoms with van der Waals surface area (Å²) in [7, 11) is 0. The first kappa shape index (κ1) is 19.6. The Bertz CT molecular complexity index is 851. The Kier molecular flexibility index (Phi) is 6.42. The molecule has 6 heteroatoms. The van der Waals surface area contributed by atoms with Crippen molar-refractivity contribution in [1.82, 2.24) is 4.90 Å². The first-order valence-electron chi connectivity index (χ1n) is 9.46. The zero-order chi connectivity index (χ0) is 19.9. The van der Waals surface area contributed by atoms with Gasteiger partial charge in [-0.15, -0.1) is 0 Å². The third-order valence-corrected chi connectivity index (χ3v) is 4.93. The van der Waals surface area contributed by atoms with Gasteiger partial charge in [0.1, 0.15) is 6.54 Å². The number of benzene rings is 2. The molecule has 0 aliphatic carbocycles. The molecule has 0 fully saturated rings. The average molecular weight is 380 g/mol. The Morgan fingerprint density at radius 3 is 2.46 bits per heavy atom. The second kappa shape index (κ2) is 9.17. The van der Waals surface area contributed by atoms with Crippen molar-refractivity contribution in [2.45, 2.75) is 25.7 Å². The topological polar surface area (TPSA) is 77.9 Å². The number of anilines is 1. The number of amides is 2. The lowest BCUT2D eigenvalue weighted by Gasteiger charge is -2.30. The molecule has 0 radical (unpaired) electrons. The first-order chi connectivity index (χ1) is 13.5. The third-order valence-electron chi connectivity index (χ3n) is 4.93. The van der Waals surface area contributed by atoms with Crippen LogP contribution in [-0.2, 0) is 27.2 Å². The maximum atomic E-state index is 12.7. The van der Waals surface area contributed by atoms with Crippen LogP contribution in [-0.4, -0.2) is 47.4 Å². The van der Waals surface area contributed by atoms with Gasteiger partial charge in [-0.2, -0.15) is 0 Å². The van der Waals surface area contributed by atoms with Gasteiger partial charge in [0.05, 0.1) is 0 Å². The fraction of sp³-hybridized carbons (Fsp3) is 0.318. The fourth-order valence-electron chi connectivity index (χ4n) is 3.47. The van der Waals surface area contributed by atoms with Gasteiger partial charge in [0.2, 0.25) is 11.8 Å². The SMILES string of the molecule is O=C(O)CN(CCc1ccccc1)C(=O)CCN1C(=O)CCc2ccccc21. The normalized spacial score (nSPS) is 13.1. The zero-order valence-corrected chi connectivity index (χ0v) is 15.7. The van der Waals surface area contributed by atoms with E-state index < -0.39 is 5.97 Å². The first-order valence-corrected chi connectivity index (χ1v) is 9.46. The minimum absolute atomic E-state index is 0.000528. The van der Waals surface area contributed by atoms with Gasteiger partial charge in [0.15, 0.2) is 0 Å². The molecule has 0 bridgehead atoms. The maximum absolute atomic E-state index is 12.7. The third kappa shape index (κ3) is 4.97. The van der Waals surface area contributed by atoms with Gasteiger partial charge in [-0.05, 0) is 30.0 Å². The molecule has 28 heavy (non-hydrogen) atoms. The highest BCUT2D eigenvalue weighted by molar-refractivity contribution is 5.97. The standard InChI is InChI=1S/C22H24N2O4/c25-20(23(16-22(27)28)14-12-17-6-2-1-3-7-17)13-15-24-19-9-5-4-8-18(19)10-11-21(24)26/h1-9H,10-16H2,(H,27,28). The summed E-state index contributed by atoms with van der Waals surface area (Å²) in [5, 5.41) is 9.16. The van der Waals surface area contributed by atoms with Crippen LogP contribution in [0.25, 0.3) is 0 Å². The number of carbonyl (C=O) groups is 3. The summed E-state index contributed by atoms with van der Waals surface area (Å²) in [6.45, 7) is 0.256. The number of carboxylic acid groups (broad SMARTS) is 1. The van der Waals surface area contributed by atoms with Crippen LogP contribution in [0.15, 0.2) is 54.6 Å². The van der Waals surface area contributed by atoms with E-state index in [1.54, 1.807) is 4.90 Å². The minimum atomic E-state index is -1.04. The van der Waals surface area contributed by atoms with Crippen LogP contribution in [0.3, 0.4) is 0 Å². The number of aryl methyl sites for hydroxylation is 1. The number of para-hydroxylation sites is 1. The monoisotopic (exact) mass is 380 g/mol. The number of hydrogen-bond donors (Lipinski definition) is 1. The van der Waals surface area contributed by atoms with Crippen molar-refractivity contribution < 1.29 is 19.5 Å². The summed E-state index contributed by atoms with van der Waals surface area (Å²) in [5.41, 5.74) is 2.99. The van der Waals surface area contributed by atoms with Gasteiger partial charge in [-0.25, -0.2) is 0 Å². The number of rotatable bonds is 8. The predicted molar refractivity (Wildman–Crippen MR) is 106 cm³/mol. The van der Waals surface area contributed by atoms with Crippen molar-refractivity contribution in [3.05, 3.63) is 65.7 Å². The Morgan fingerprint density at radius 2 is 1.71 bits per heavy atom. The molecule has 6 nitrogen and oxygen atoms in total. The van der Waals surface area contributed by atoms with Gasteiger partial charge in [0, 0.05) is 31.6 Å². The lowest BCUT2D eigenvalue weighted by molar-refractivity contribution is -0.144. The van der Waals surface area contributed by atoms with Gasteiger partial charge in [0.25, 0.3) is 0 Å². The van der Waals surface area contributed by atoms with Gasteiger partial charge >= 0.3 is 5.97 Å². The summed E-state index contributed by atoms with van der Waals surface area (Å²) in [6, 6.07) is 17.3. The number of fused-ring (bicyclic) bond motifs is 1. The smallest absolute Gasteiger partial charge is 0.323 e. The number of hydrogen-bond acceptors (Lipinski definition) is 3. The molecular weight excluding hydrogens is 356 g/mol. The molecule has 0 atom stereocenters. The Hall–Kier alpha value is -3.15. The molecule has 0 aromatic heterocycles. The van der Waals surface area contributed by atoms with E-state index in [0.29, 0.717) is 25.8 Å². The molecule has 2 amide bonds. The Labute approximate surface area is 164 Å². The summed E-state index contributed by atoms with van der Waals surface area (Å²) in [6.07, 6.45) is 1.83. The van der Waals surface area contributed by atoms with E-state index in [2.05, 4.69) is 0 Å². The second-order valence-corrected chi connectivity index (χ2v) is 6.87. The quantitative estimate of drug-likeness (QED) is 0.763. The Balaban J connectivity index is 1.63. The van der Waals surface area contributed by atoms with E-state index in [-0.39, 0.29) is 31.3 Å². The molecule has 0 unspecified atom stereocenters. The van der Waals surface area contributed by atoms with E-state index in [4.69, 9.17) is 5.11 Å². The van der Waals surface area contributed by atoms with E-state index in [1.165, 1.54) is 4.90 Å². The average Bonchev–Trinajstić information content (AvgIpc) is 2.70. The summed E-state index contributed by atoms with van der Waals surface area (Å²) in [5.74, 6) is -1.30. The van der Waals surface area contributed by atoms with Crippen LogP contribution < -0.4 is 4.90 Å². The van der Waals surface area contributed by atoms with Crippen molar-refractivity contribution in [2.75, 3.05) is 24.5 Å². The molecule has 146 valence electrons. The van der Waals surface area contributed by atoms with Crippen molar-refractivity contribution >= 4 is 23.5 Å². The van der Waals surface area contributed by atoms with Gasteiger partial charge in [-0.3, -0.25) is 14.4 Å². The number of nitrogens with zero attached hydrogens (tertiary/aromatic N) is 2. The van der Waals surface area contributed by atoms with E-state index in [1.807, 2.05) is 54.6 Å². The summed E-state index contributed by atoms with van der Waals surface area (Å²) >= 11 is 0. The lowest BCUT2D eigenvalue weighted by Crippen LogP contribution is -2.41. The molecule has 1 N–H and O–H groups in total. The van der Waals surface area contributed by atoms with Crippen LogP contribution in [0.5, 0.6) is 0 Å². The van der Waals surface area contributed by atoms with E-state index >= 15 is 0 Å². The number of carbonyl (C=O) groups excluding carboxylic acids is 2. The van der Waals surface area contributed by atoms with Gasteiger partial charge in [-0.1, -0.05) is 48.5 Å². The van der Waals surface area contributed by atoms with Crippen LogP contribution in [0, 0.1) is 0 Å². The second-order valence-electron chi connectivity index (χ2n) is 6.87. The highest BCUT2D eigenvalue weighted by Crippen LogP contribution is 2.27. The van der Waals surface area contributed by atoms with Crippen LogP contribution >= 0.6 is 0 Å². The highest BCUT2D eigenvalue weighted by atomic mass is 16.4. The summed E-state index contributed by atoms with van der Waals surface area (Å²) < 4.78 is 0. The van der Waals surface area contributed by atoms with Crippen molar-refractivity contribution in [1.29, 1.82) is 0 Å². The largest absolute Gasteiger partial charge is 0.480 e. The molecule has 1 aliphatic rings. The highest BCUT2D eigenvalue weighted by Gasteiger charge is 2.25. The molecule has 0 saturated carbocycles. The predicted octanol–water partition coefficient (Wildman–Crippen LogP) is 2.51. The molecule has 2 aromatic rings. The van der Waals surface area contributed by atoms with Crippen molar-refractivity contribution in [2.24, 2.45) is 0 Å². The molecule has 1 aliphatic heterocycles. The molecule has 1 heterocycles. The van der Waals surface area contributed by atoms with Crippen LogP contribution in [0.4, 0.5) is 5.69 Å². The molecule has 0 spiro atoms. The van der Waals surface area contributed by atoms with Gasteiger partial charge < -0.3 is 14.9 Å². The fourth-order valence-corrected chi connectivity index (χ4v) is 3.47. The maximum Gasteiger partial charge on any atom is 0.323 e. The summed E-state index contributed by atoms with van der Waals surface area (Å²) in [4.78, 5) is 39.2. The zero-order valence-electron chi connectivity index (χ0n) is 15.7. The minimum Gasteiger partial charge on any atom is -0.480 e. The molecular formula is C22H24N2O4. The lowest BCUT2D eigenvalue weighted by atomic mass is 10.0. The molecule has 2 aromatic carbocycles.